The molecule has 1 heterocycles. The quantitative estimate of drug-likeness (QED) is 0.816. The van der Waals surface area contributed by atoms with Crippen molar-refractivity contribution in [2.75, 3.05) is 19.7 Å². The lowest BCUT2D eigenvalue weighted by atomic mass is 9.88. The molecule has 1 aliphatic rings. The molecule has 0 bridgehead atoms. The smallest absolute Gasteiger partial charge is 0.0768 e. The van der Waals surface area contributed by atoms with Crippen LogP contribution < -0.4 is 5.32 Å². The summed E-state index contributed by atoms with van der Waals surface area (Å²) in [6, 6.07) is 10.7. The van der Waals surface area contributed by atoms with E-state index >= 15 is 0 Å². The predicted molar refractivity (Wildman–Crippen MR) is 62.1 cm³/mol. The Morgan fingerprint density at radius 2 is 2.13 bits per heavy atom. The fourth-order valence-electron chi connectivity index (χ4n) is 2.30. The van der Waals surface area contributed by atoms with Crippen LogP contribution in [0.1, 0.15) is 24.8 Å². The van der Waals surface area contributed by atoms with E-state index in [-0.39, 0.29) is 0 Å². The first-order valence-electron chi connectivity index (χ1n) is 5.79. The van der Waals surface area contributed by atoms with Gasteiger partial charge in [-0.15, -0.1) is 0 Å². The summed E-state index contributed by atoms with van der Waals surface area (Å²) in [6.07, 6.45) is 1.51. The monoisotopic (exact) mass is 205 g/mol. The first kappa shape index (κ1) is 10.7. The van der Waals surface area contributed by atoms with Crippen LogP contribution in [-0.2, 0) is 4.74 Å². The number of hydrogen-bond donors (Lipinski definition) is 1. The van der Waals surface area contributed by atoms with Crippen molar-refractivity contribution in [3.05, 3.63) is 35.9 Å². The summed E-state index contributed by atoms with van der Waals surface area (Å²) in [5, 5.41) is 3.39. The van der Waals surface area contributed by atoms with Gasteiger partial charge in [-0.2, -0.15) is 0 Å². The number of hydrogen-bond acceptors (Lipinski definition) is 2. The molecular weight excluding hydrogens is 186 g/mol. The van der Waals surface area contributed by atoms with E-state index < -0.39 is 0 Å². The maximum absolute atomic E-state index is 5.79. The largest absolute Gasteiger partial charge is 0.377 e. The molecule has 2 rings (SSSR count). The van der Waals surface area contributed by atoms with E-state index in [1.807, 2.05) is 0 Å². The molecule has 0 aromatic heterocycles. The second kappa shape index (κ2) is 5.29. The van der Waals surface area contributed by atoms with Crippen molar-refractivity contribution in [1.29, 1.82) is 0 Å². The Balaban J connectivity index is 2.11. The molecule has 2 atom stereocenters. The number of piperidine rings is 1. The van der Waals surface area contributed by atoms with E-state index in [9.17, 15) is 0 Å². The molecule has 82 valence electrons. The van der Waals surface area contributed by atoms with Crippen molar-refractivity contribution in [2.24, 2.45) is 0 Å². The van der Waals surface area contributed by atoms with Gasteiger partial charge < -0.3 is 10.1 Å². The standard InChI is InChI=1S/C13H19NO/c1-2-15-13-10-14-9-8-12(13)11-6-4-3-5-7-11/h3-7,12-14H,2,8-10H2,1H3/t12-,13+/m0/s1. The van der Waals surface area contributed by atoms with Gasteiger partial charge in [0.25, 0.3) is 0 Å². The highest BCUT2D eigenvalue weighted by Crippen LogP contribution is 2.27. The van der Waals surface area contributed by atoms with Crippen LogP contribution in [0.25, 0.3) is 0 Å². The van der Waals surface area contributed by atoms with Crippen LogP contribution in [0, 0.1) is 0 Å². The Kier molecular flexibility index (Phi) is 3.75. The van der Waals surface area contributed by atoms with E-state index in [0.717, 1.165) is 19.7 Å². The van der Waals surface area contributed by atoms with Gasteiger partial charge in [0.1, 0.15) is 0 Å². The SMILES string of the molecule is CCO[C@@H]1CNCC[C@H]1c1ccccc1. The van der Waals surface area contributed by atoms with Gasteiger partial charge in [-0.3, -0.25) is 0 Å². The summed E-state index contributed by atoms with van der Waals surface area (Å²) in [7, 11) is 0. The lowest BCUT2D eigenvalue weighted by molar-refractivity contribution is 0.0299. The average Bonchev–Trinajstić information content (AvgIpc) is 2.31. The summed E-state index contributed by atoms with van der Waals surface area (Å²) in [4.78, 5) is 0. The van der Waals surface area contributed by atoms with Crippen LogP contribution in [-0.4, -0.2) is 25.8 Å². The van der Waals surface area contributed by atoms with Gasteiger partial charge in [-0.05, 0) is 25.5 Å². The number of ether oxygens (including phenoxy) is 1. The molecule has 0 saturated carbocycles. The molecular formula is C13H19NO. The minimum absolute atomic E-state index is 0.339. The molecule has 1 aromatic rings. The minimum Gasteiger partial charge on any atom is -0.377 e. The van der Waals surface area contributed by atoms with E-state index in [2.05, 4.69) is 42.6 Å². The zero-order valence-electron chi connectivity index (χ0n) is 9.28. The molecule has 1 N–H and O–H groups in total. The van der Waals surface area contributed by atoms with Crippen LogP contribution in [0.4, 0.5) is 0 Å². The van der Waals surface area contributed by atoms with E-state index in [0.29, 0.717) is 12.0 Å². The Morgan fingerprint density at radius 3 is 2.87 bits per heavy atom. The van der Waals surface area contributed by atoms with Crippen LogP contribution >= 0.6 is 0 Å². The van der Waals surface area contributed by atoms with Crippen LogP contribution in [0.2, 0.25) is 0 Å². The molecule has 0 radical (unpaired) electrons. The molecule has 0 aliphatic carbocycles. The Hall–Kier alpha value is -0.860. The summed E-state index contributed by atoms with van der Waals surface area (Å²) < 4.78 is 5.79. The zero-order chi connectivity index (χ0) is 10.5. The summed E-state index contributed by atoms with van der Waals surface area (Å²) >= 11 is 0. The molecule has 1 aliphatic heterocycles. The van der Waals surface area contributed by atoms with Gasteiger partial charge >= 0.3 is 0 Å². The van der Waals surface area contributed by atoms with Gasteiger partial charge in [0.05, 0.1) is 6.10 Å². The minimum atomic E-state index is 0.339. The van der Waals surface area contributed by atoms with Crippen molar-refractivity contribution in [2.45, 2.75) is 25.4 Å². The highest BCUT2D eigenvalue weighted by atomic mass is 16.5. The second-order valence-corrected chi connectivity index (χ2v) is 4.00. The van der Waals surface area contributed by atoms with E-state index in [1.165, 1.54) is 12.0 Å². The lowest BCUT2D eigenvalue weighted by Gasteiger charge is -2.32. The second-order valence-electron chi connectivity index (χ2n) is 4.00. The summed E-state index contributed by atoms with van der Waals surface area (Å²) in [6.45, 7) is 4.95. The highest BCUT2D eigenvalue weighted by Gasteiger charge is 2.26. The normalized spacial score (nSPS) is 26.5. The Labute approximate surface area is 91.6 Å². The van der Waals surface area contributed by atoms with Crippen molar-refractivity contribution in [3.8, 4) is 0 Å². The van der Waals surface area contributed by atoms with Gasteiger partial charge in [0.2, 0.25) is 0 Å². The number of rotatable bonds is 3. The van der Waals surface area contributed by atoms with Crippen LogP contribution in [0.3, 0.4) is 0 Å². The number of benzene rings is 1. The van der Waals surface area contributed by atoms with Gasteiger partial charge in [-0.25, -0.2) is 0 Å². The third-order valence-corrected chi connectivity index (χ3v) is 3.03. The van der Waals surface area contributed by atoms with Crippen LogP contribution in [0.5, 0.6) is 0 Å². The fourth-order valence-corrected chi connectivity index (χ4v) is 2.30. The van der Waals surface area contributed by atoms with Crippen molar-refractivity contribution < 1.29 is 4.74 Å². The molecule has 2 nitrogen and oxygen atoms in total. The number of nitrogens with one attached hydrogen (secondary N) is 1. The maximum atomic E-state index is 5.79. The third-order valence-electron chi connectivity index (χ3n) is 3.03. The van der Waals surface area contributed by atoms with Crippen molar-refractivity contribution in [3.63, 3.8) is 0 Å². The average molecular weight is 205 g/mol. The van der Waals surface area contributed by atoms with Gasteiger partial charge in [-0.1, -0.05) is 30.3 Å². The van der Waals surface area contributed by atoms with Gasteiger partial charge in [0, 0.05) is 19.1 Å². The molecule has 1 aromatic carbocycles. The van der Waals surface area contributed by atoms with E-state index in [1.54, 1.807) is 0 Å². The summed E-state index contributed by atoms with van der Waals surface area (Å²) in [5.41, 5.74) is 1.41. The predicted octanol–water partition coefficient (Wildman–Crippen LogP) is 2.17. The van der Waals surface area contributed by atoms with Crippen molar-refractivity contribution in [1.82, 2.24) is 5.32 Å². The maximum Gasteiger partial charge on any atom is 0.0768 e. The fraction of sp³-hybridized carbons (Fsp3) is 0.538. The zero-order valence-corrected chi connectivity index (χ0v) is 9.28. The van der Waals surface area contributed by atoms with E-state index in [4.69, 9.17) is 4.74 Å². The molecule has 2 heteroatoms. The molecule has 1 fully saturated rings. The Morgan fingerprint density at radius 1 is 1.33 bits per heavy atom. The highest BCUT2D eigenvalue weighted by molar-refractivity contribution is 5.21. The molecule has 0 amide bonds. The molecule has 0 unspecified atom stereocenters. The molecule has 0 spiro atoms. The van der Waals surface area contributed by atoms with Crippen molar-refractivity contribution >= 4 is 0 Å². The molecule has 1 saturated heterocycles. The first-order valence-corrected chi connectivity index (χ1v) is 5.79. The van der Waals surface area contributed by atoms with Crippen LogP contribution in [0.15, 0.2) is 30.3 Å². The lowest BCUT2D eigenvalue weighted by Crippen LogP contribution is -2.41. The summed E-state index contributed by atoms with van der Waals surface area (Å²) in [5.74, 6) is 0.562. The van der Waals surface area contributed by atoms with Gasteiger partial charge in [0.15, 0.2) is 0 Å². The molecule has 15 heavy (non-hydrogen) atoms. The third kappa shape index (κ3) is 2.58. The Bertz CT molecular complexity index is 284. The first-order chi connectivity index (χ1) is 7.42. The topological polar surface area (TPSA) is 21.3 Å².